The Labute approximate surface area is 153 Å². The van der Waals surface area contributed by atoms with Crippen molar-refractivity contribution in [3.63, 3.8) is 0 Å². The van der Waals surface area contributed by atoms with Crippen LogP contribution in [0, 0.1) is 0 Å². The second kappa shape index (κ2) is 7.72. The van der Waals surface area contributed by atoms with Gasteiger partial charge in [0.25, 0.3) is 0 Å². The summed E-state index contributed by atoms with van der Waals surface area (Å²) in [5.41, 5.74) is 6.47. The van der Waals surface area contributed by atoms with Gasteiger partial charge in [-0.1, -0.05) is 0 Å². The van der Waals surface area contributed by atoms with Crippen LogP contribution >= 0.6 is 12.6 Å². The normalized spacial score (nSPS) is 27.0. The minimum Gasteiger partial charge on any atom is -0.480 e. The van der Waals surface area contributed by atoms with Crippen molar-refractivity contribution >= 4 is 35.6 Å². The van der Waals surface area contributed by atoms with E-state index in [1.165, 1.54) is 17.2 Å². The monoisotopic (exact) mass is 384 g/mol. The lowest BCUT2D eigenvalue weighted by Crippen LogP contribution is -2.44. The zero-order valence-corrected chi connectivity index (χ0v) is 14.5. The van der Waals surface area contributed by atoms with Crippen LogP contribution in [0.2, 0.25) is 0 Å². The molecule has 12 heteroatoms. The Balaban J connectivity index is 1.75. The molecule has 26 heavy (non-hydrogen) atoms. The van der Waals surface area contributed by atoms with E-state index in [-0.39, 0.29) is 12.4 Å². The van der Waals surface area contributed by atoms with Gasteiger partial charge in [-0.05, 0) is 12.2 Å². The second-order valence-corrected chi connectivity index (χ2v) is 6.39. The highest BCUT2D eigenvalue weighted by atomic mass is 32.1. The first-order valence-corrected chi connectivity index (χ1v) is 8.59. The van der Waals surface area contributed by atoms with Crippen molar-refractivity contribution in [2.24, 2.45) is 0 Å². The molecule has 11 nitrogen and oxygen atoms in total. The number of aliphatic carboxylic acids is 1. The van der Waals surface area contributed by atoms with E-state index in [0.29, 0.717) is 23.3 Å². The van der Waals surface area contributed by atoms with Gasteiger partial charge in [-0.15, -0.1) is 0 Å². The van der Waals surface area contributed by atoms with Gasteiger partial charge in [-0.25, -0.2) is 15.0 Å². The van der Waals surface area contributed by atoms with Crippen LogP contribution in [-0.4, -0.2) is 77.5 Å². The number of carboxylic acid groups (broad SMARTS) is 1. The number of hydrogen-bond donors (Lipinski definition) is 6. The number of thiol groups is 1. The molecule has 1 aliphatic rings. The zero-order valence-electron chi connectivity index (χ0n) is 13.6. The summed E-state index contributed by atoms with van der Waals surface area (Å²) in [5, 5.41) is 32.6. The number of carboxylic acids is 1. The quantitative estimate of drug-likeness (QED) is 0.305. The molecular weight excluding hydrogens is 364 g/mol. The number of aliphatic hydroxyl groups excluding tert-OH is 2. The lowest BCUT2D eigenvalue weighted by molar-refractivity contribution is -0.139. The van der Waals surface area contributed by atoms with E-state index in [4.69, 9.17) is 15.6 Å². The van der Waals surface area contributed by atoms with E-state index >= 15 is 0 Å². The number of imidazole rings is 1. The van der Waals surface area contributed by atoms with Gasteiger partial charge in [-0.3, -0.25) is 9.36 Å². The van der Waals surface area contributed by atoms with E-state index in [1.807, 2.05) is 0 Å². The van der Waals surface area contributed by atoms with E-state index in [0.717, 1.165) is 0 Å². The van der Waals surface area contributed by atoms with Gasteiger partial charge >= 0.3 is 5.97 Å². The average Bonchev–Trinajstić information content (AvgIpc) is 3.15. The third-order valence-corrected chi connectivity index (χ3v) is 4.54. The van der Waals surface area contributed by atoms with Crippen LogP contribution in [0.3, 0.4) is 0 Å². The Hall–Kier alpha value is -1.99. The summed E-state index contributed by atoms with van der Waals surface area (Å²) in [7, 11) is 0. The molecule has 0 radical (unpaired) electrons. The molecule has 3 rings (SSSR count). The molecule has 1 saturated heterocycles. The fraction of sp³-hybridized carbons (Fsp3) is 0.571. The number of anilines is 1. The van der Waals surface area contributed by atoms with Gasteiger partial charge in [0, 0.05) is 6.54 Å². The number of nitrogens with zero attached hydrogens (tertiary/aromatic N) is 4. The van der Waals surface area contributed by atoms with Gasteiger partial charge in [0.15, 0.2) is 17.7 Å². The number of fused-ring (bicyclic) bond motifs is 1. The highest BCUT2D eigenvalue weighted by molar-refractivity contribution is 7.80. The summed E-state index contributed by atoms with van der Waals surface area (Å²) in [6.45, 7) is 0.0449. The van der Waals surface area contributed by atoms with E-state index in [1.54, 1.807) is 0 Å². The molecule has 0 bridgehead atoms. The van der Waals surface area contributed by atoms with Crippen LogP contribution in [0.4, 0.5) is 5.82 Å². The molecular formula is C14H20N6O5S. The predicted molar refractivity (Wildman–Crippen MR) is 93.6 cm³/mol. The molecule has 1 aliphatic heterocycles. The van der Waals surface area contributed by atoms with Crippen LogP contribution in [-0.2, 0) is 9.53 Å². The number of ether oxygens (including phenoxy) is 1. The number of carbonyl (C=O) groups is 1. The number of nitrogens with two attached hydrogens (primary N) is 1. The van der Waals surface area contributed by atoms with Crippen LogP contribution in [0.25, 0.3) is 11.2 Å². The first-order valence-electron chi connectivity index (χ1n) is 7.95. The smallest absolute Gasteiger partial charge is 0.320 e. The molecule has 0 amide bonds. The minimum absolute atomic E-state index is 0.0449. The van der Waals surface area contributed by atoms with Crippen molar-refractivity contribution < 1.29 is 24.9 Å². The summed E-state index contributed by atoms with van der Waals surface area (Å²) in [6.07, 6.45) is -1.24. The number of aromatic nitrogens is 4. The lowest BCUT2D eigenvalue weighted by Gasteiger charge is -2.19. The molecule has 5 unspecified atom stereocenters. The third kappa shape index (κ3) is 3.46. The van der Waals surface area contributed by atoms with E-state index in [9.17, 15) is 15.0 Å². The van der Waals surface area contributed by atoms with Crippen LogP contribution in [0.5, 0.6) is 0 Å². The van der Waals surface area contributed by atoms with Crippen molar-refractivity contribution in [3.05, 3.63) is 12.7 Å². The Morgan fingerprint density at radius 1 is 1.38 bits per heavy atom. The first kappa shape index (κ1) is 18.8. The molecule has 142 valence electrons. The summed E-state index contributed by atoms with van der Waals surface area (Å²) in [4.78, 5) is 23.2. The van der Waals surface area contributed by atoms with Gasteiger partial charge in [0.2, 0.25) is 0 Å². The highest BCUT2D eigenvalue weighted by Gasteiger charge is 2.44. The van der Waals surface area contributed by atoms with Crippen molar-refractivity contribution in [2.75, 3.05) is 18.0 Å². The number of aliphatic hydroxyl groups is 2. The van der Waals surface area contributed by atoms with Crippen molar-refractivity contribution in [2.45, 2.75) is 37.0 Å². The Morgan fingerprint density at radius 2 is 2.15 bits per heavy atom. The standard InChI is InChI=1S/C14H20N6O5S/c15-11-8-12(18-4-17-11)20(5-19-8)13-10(22)9(21)7(25-13)3-16-6(1-2-26)14(23)24/h4-7,9-10,13,16,21-22,26H,1-3H2,(H,23,24)(H2,15,17,18). The Kier molecular flexibility index (Phi) is 5.58. The maximum Gasteiger partial charge on any atom is 0.320 e. The highest BCUT2D eigenvalue weighted by Crippen LogP contribution is 2.31. The van der Waals surface area contributed by atoms with Crippen LogP contribution < -0.4 is 11.1 Å². The Bertz CT molecular complexity index is 788. The number of rotatable bonds is 7. The molecule has 0 aliphatic carbocycles. The average molecular weight is 384 g/mol. The number of hydrogen-bond acceptors (Lipinski definition) is 10. The minimum atomic E-state index is -1.25. The fourth-order valence-corrected chi connectivity index (χ4v) is 3.14. The molecule has 2 aromatic rings. The maximum atomic E-state index is 11.2. The first-order chi connectivity index (χ1) is 12.4. The molecule has 0 spiro atoms. The molecule has 3 heterocycles. The van der Waals surface area contributed by atoms with E-state index < -0.39 is 36.6 Å². The molecule has 2 aromatic heterocycles. The van der Waals surface area contributed by atoms with Crippen LogP contribution in [0.1, 0.15) is 12.6 Å². The summed E-state index contributed by atoms with van der Waals surface area (Å²) >= 11 is 4.03. The Morgan fingerprint density at radius 3 is 2.85 bits per heavy atom. The fourth-order valence-electron chi connectivity index (χ4n) is 2.88. The molecule has 0 saturated carbocycles. The summed E-state index contributed by atoms with van der Waals surface area (Å²) in [6, 6.07) is -0.818. The maximum absolute atomic E-state index is 11.2. The van der Waals surface area contributed by atoms with Gasteiger partial charge in [0.1, 0.15) is 36.2 Å². The van der Waals surface area contributed by atoms with Gasteiger partial charge in [0.05, 0.1) is 6.33 Å². The van der Waals surface area contributed by atoms with Crippen LogP contribution in [0.15, 0.2) is 12.7 Å². The number of nitrogen functional groups attached to an aromatic ring is 1. The van der Waals surface area contributed by atoms with Gasteiger partial charge < -0.3 is 31.1 Å². The molecule has 6 N–H and O–H groups in total. The topological polar surface area (TPSA) is 169 Å². The zero-order chi connectivity index (χ0) is 18.8. The third-order valence-electron chi connectivity index (χ3n) is 4.28. The van der Waals surface area contributed by atoms with E-state index in [2.05, 4.69) is 32.9 Å². The molecule has 1 fully saturated rings. The predicted octanol–water partition coefficient (Wildman–Crippen LogP) is -1.61. The van der Waals surface area contributed by atoms with Crippen molar-refractivity contribution in [1.82, 2.24) is 24.8 Å². The van der Waals surface area contributed by atoms with Crippen molar-refractivity contribution in [3.8, 4) is 0 Å². The summed E-state index contributed by atoms with van der Waals surface area (Å²) < 4.78 is 7.20. The van der Waals surface area contributed by atoms with Gasteiger partial charge in [-0.2, -0.15) is 12.6 Å². The lowest BCUT2D eigenvalue weighted by atomic mass is 10.1. The summed E-state index contributed by atoms with van der Waals surface area (Å²) in [5.74, 6) is -0.432. The molecule has 5 atom stereocenters. The second-order valence-electron chi connectivity index (χ2n) is 5.94. The largest absolute Gasteiger partial charge is 0.480 e. The number of nitrogens with one attached hydrogen (secondary N) is 1. The molecule has 0 aromatic carbocycles. The van der Waals surface area contributed by atoms with Crippen molar-refractivity contribution in [1.29, 1.82) is 0 Å². The SMILES string of the molecule is Nc1ncnc2c1ncn2C1OC(CNC(CCS)C(=O)O)C(O)C1O.